The number of nitrogens with zero attached hydrogens (tertiary/aromatic N) is 2. The van der Waals surface area contributed by atoms with Gasteiger partial charge in [0.15, 0.2) is 0 Å². The molecule has 6 nitrogen and oxygen atoms in total. The second kappa shape index (κ2) is 7.74. The van der Waals surface area contributed by atoms with Crippen LogP contribution in [-0.4, -0.2) is 31.3 Å². The third-order valence-corrected chi connectivity index (χ3v) is 3.90. The summed E-state index contributed by atoms with van der Waals surface area (Å²) in [7, 11) is 4.89. The lowest BCUT2D eigenvalue weighted by Gasteiger charge is -2.13. The smallest absolute Gasteiger partial charge is 0.146 e. The van der Waals surface area contributed by atoms with Gasteiger partial charge in [0.25, 0.3) is 0 Å². The Labute approximate surface area is 152 Å². The molecule has 0 aliphatic heterocycles. The van der Waals surface area contributed by atoms with Crippen LogP contribution in [0, 0.1) is 6.92 Å². The lowest BCUT2D eigenvalue weighted by Crippen LogP contribution is -2.00. The third kappa shape index (κ3) is 3.85. The molecule has 1 aromatic heterocycles. The first-order chi connectivity index (χ1) is 12.6. The molecule has 0 saturated carbocycles. The van der Waals surface area contributed by atoms with Crippen LogP contribution >= 0.6 is 0 Å². The minimum Gasteiger partial charge on any atom is -0.497 e. The molecule has 0 spiro atoms. The SMILES string of the molecule is COc1ccc(-c2cc(Nc3ccc(OC)cc3OC)nc(C)n2)cc1. The Hall–Kier alpha value is -3.28. The molecule has 0 aliphatic carbocycles. The number of aromatic nitrogens is 2. The summed E-state index contributed by atoms with van der Waals surface area (Å²) < 4.78 is 15.9. The summed E-state index contributed by atoms with van der Waals surface area (Å²) in [5, 5.41) is 3.29. The fourth-order valence-electron chi connectivity index (χ4n) is 2.58. The minimum absolute atomic E-state index is 0.673. The number of aryl methyl sites for hydroxylation is 1. The minimum atomic E-state index is 0.673. The van der Waals surface area contributed by atoms with Crippen LogP contribution < -0.4 is 19.5 Å². The van der Waals surface area contributed by atoms with Gasteiger partial charge in [-0.05, 0) is 43.3 Å². The van der Waals surface area contributed by atoms with Crippen molar-refractivity contribution in [2.45, 2.75) is 6.92 Å². The molecular formula is C20H21N3O3. The van der Waals surface area contributed by atoms with Crippen LogP contribution in [0.2, 0.25) is 0 Å². The molecule has 3 aromatic rings. The highest BCUT2D eigenvalue weighted by Crippen LogP contribution is 2.32. The van der Waals surface area contributed by atoms with Gasteiger partial charge in [-0.3, -0.25) is 0 Å². The molecule has 3 rings (SSSR count). The molecule has 1 N–H and O–H groups in total. The van der Waals surface area contributed by atoms with E-state index < -0.39 is 0 Å². The van der Waals surface area contributed by atoms with Crippen molar-refractivity contribution in [2.24, 2.45) is 0 Å². The van der Waals surface area contributed by atoms with Gasteiger partial charge in [0, 0.05) is 17.7 Å². The van der Waals surface area contributed by atoms with Crippen molar-refractivity contribution in [3.63, 3.8) is 0 Å². The molecule has 0 bridgehead atoms. The molecule has 2 aromatic carbocycles. The summed E-state index contributed by atoms with van der Waals surface area (Å²) in [6.45, 7) is 1.86. The molecular weight excluding hydrogens is 330 g/mol. The summed E-state index contributed by atoms with van der Waals surface area (Å²) in [5.41, 5.74) is 2.61. The van der Waals surface area contributed by atoms with E-state index in [0.29, 0.717) is 17.4 Å². The van der Waals surface area contributed by atoms with Crippen molar-refractivity contribution < 1.29 is 14.2 Å². The van der Waals surface area contributed by atoms with Gasteiger partial charge in [-0.1, -0.05) is 0 Å². The second-order valence-electron chi connectivity index (χ2n) is 5.61. The van der Waals surface area contributed by atoms with E-state index in [2.05, 4.69) is 15.3 Å². The van der Waals surface area contributed by atoms with Crippen LogP contribution in [0.1, 0.15) is 5.82 Å². The van der Waals surface area contributed by atoms with Gasteiger partial charge < -0.3 is 19.5 Å². The fraction of sp³-hybridized carbons (Fsp3) is 0.200. The van der Waals surface area contributed by atoms with Crippen LogP contribution in [0.25, 0.3) is 11.3 Å². The molecule has 134 valence electrons. The van der Waals surface area contributed by atoms with Crippen molar-refractivity contribution in [3.05, 3.63) is 54.4 Å². The van der Waals surface area contributed by atoms with Crippen LogP contribution in [0.15, 0.2) is 48.5 Å². The average Bonchev–Trinajstić information content (AvgIpc) is 2.68. The van der Waals surface area contributed by atoms with E-state index in [0.717, 1.165) is 28.4 Å². The lowest BCUT2D eigenvalue weighted by atomic mass is 10.1. The Morgan fingerprint density at radius 3 is 2.12 bits per heavy atom. The van der Waals surface area contributed by atoms with Crippen LogP contribution in [0.5, 0.6) is 17.2 Å². The number of ether oxygens (including phenoxy) is 3. The highest BCUT2D eigenvalue weighted by Gasteiger charge is 2.09. The number of methoxy groups -OCH3 is 3. The first-order valence-electron chi connectivity index (χ1n) is 8.12. The standard InChI is InChI=1S/C20H21N3O3/c1-13-21-18(14-5-7-15(24-2)8-6-14)12-20(22-13)23-17-10-9-16(25-3)11-19(17)26-4/h5-12H,1-4H3,(H,21,22,23). The number of nitrogens with one attached hydrogen (secondary N) is 1. The zero-order valence-electron chi connectivity index (χ0n) is 15.2. The number of hydrogen-bond donors (Lipinski definition) is 1. The first kappa shape index (κ1) is 17.5. The predicted octanol–water partition coefficient (Wildman–Crippen LogP) is 4.22. The number of anilines is 2. The van der Waals surface area contributed by atoms with Gasteiger partial charge >= 0.3 is 0 Å². The highest BCUT2D eigenvalue weighted by molar-refractivity contribution is 5.69. The monoisotopic (exact) mass is 351 g/mol. The Morgan fingerprint density at radius 2 is 1.46 bits per heavy atom. The normalized spacial score (nSPS) is 10.3. The quantitative estimate of drug-likeness (QED) is 0.717. The van der Waals surface area contributed by atoms with Crippen molar-refractivity contribution in [3.8, 4) is 28.5 Å². The van der Waals surface area contributed by atoms with E-state index >= 15 is 0 Å². The van der Waals surface area contributed by atoms with E-state index in [1.807, 2.05) is 55.5 Å². The van der Waals surface area contributed by atoms with E-state index in [1.165, 1.54) is 0 Å². The summed E-state index contributed by atoms with van der Waals surface area (Å²) in [4.78, 5) is 9.00. The Kier molecular flexibility index (Phi) is 5.22. The highest BCUT2D eigenvalue weighted by atomic mass is 16.5. The van der Waals surface area contributed by atoms with E-state index in [1.54, 1.807) is 21.3 Å². The van der Waals surface area contributed by atoms with Crippen molar-refractivity contribution in [1.29, 1.82) is 0 Å². The largest absolute Gasteiger partial charge is 0.497 e. The average molecular weight is 351 g/mol. The Morgan fingerprint density at radius 1 is 0.769 bits per heavy atom. The Balaban J connectivity index is 1.92. The molecule has 0 fully saturated rings. The summed E-state index contributed by atoms with van der Waals surface area (Å²) in [6.07, 6.45) is 0. The van der Waals surface area contributed by atoms with Crippen molar-refractivity contribution >= 4 is 11.5 Å². The summed E-state index contributed by atoms with van der Waals surface area (Å²) >= 11 is 0. The molecule has 1 heterocycles. The third-order valence-electron chi connectivity index (χ3n) is 3.90. The molecule has 0 radical (unpaired) electrons. The van der Waals surface area contributed by atoms with E-state index in [4.69, 9.17) is 14.2 Å². The van der Waals surface area contributed by atoms with Crippen molar-refractivity contribution in [1.82, 2.24) is 9.97 Å². The van der Waals surface area contributed by atoms with E-state index in [-0.39, 0.29) is 0 Å². The van der Waals surface area contributed by atoms with Gasteiger partial charge in [-0.2, -0.15) is 0 Å². The Bertz CT molecular complexity index is 895. The maximum absolute atomic E-state index is 5.43. The van der Waals surface area contributed by atoms with Gasteiger partial charge in [0.05, 0.1) is 32.7 Å². The molecule has 0 unspecified atom stereocenters. The van der Waals surface area contributed by atoms with Gasteiger partial charge in [-0.25, -0.2) is 9.97 Å². The maximum Gasteiger partial charge on any atom is 0.146 e. The molecule has 0 atom stereocenters. The number of benzene rings is 2. The summed E-state index contributed by atoms with van der Waals surface area (Å²) in [6, 6.07) is 15.2. The topological polar surface area (TPSA) is 65.5 Å². The molecule has 0 amide bonds. The zero-order valence-corrected chi connectivity index (χ0v) is 15.2. The predicted molar refractivity (Wildman–Crippen MR) is 102 cm³/mol. The van der Waals surface area contributed by atoms with Gasteiger partial charge in [0.1, 0.15) is 28.9 Å². The maximum atomic E-state index is 5.43. The van der Waals surface area contributed by atoms with Crippen LogP contribution in [0.4, 0.5) is 11.5 Å². The molecule has 0 saturated heterocycles. The second-order valence-corrected chi connectivity index (χ2v) is 5.61. The first-order valence-corrected chi connectivity index (χ1v) is 8.12. The zero-order chi connectivity index (χ0) is 18.5. The molecule has 6 heteroatoms. The molecule has 26 heavy (non-hydrogen) atoms. The van der Waals surface area contributed by atoms with Gasteiger partial charge in [0.2, 0.25) is 0 Å². The lowest BCUT2D eigenvalue weighted by molar-refractivity contribution is 0.395. The molecule has 0 aliphatic rings. The fourth-order valence-corrected chi connectivity index (χ4v) is 2.58. The van der Waals surface area contributed by atoms with Crippen LogP contribution in [0.3, 0.4) is 0 Å². The number of hydrogen-bond acceptors (Lipinski definition) is 6. The van der Waals surface area contributed by atoms with Crippen LogP contribution in [-0.2, 0) is 0 Å². The van der Waals surface area contributed by atoms with Crippen molar-refractivity contribution in [2.75, 3.05) is 26.6 Å². The van der Waals surface area contributed by atoms with E-state index in [9.17, 15) is 0 Å². The summed E-state index contributed by atoms with van der Waals surface area (Å²) in [5.74, 6) is 3.57. The van der Waals surface area contributed by atoms with Gasteiger partial charge in [-0.15, -0.1) is 0 Å². The number of rotatable bonds is 6.